The number of rotatable bonds is 7. The molecule has 1 N–H and O–H groups in total. The molecule has 0 aromatic heterocycles. The first-order chi connectivity index (χ1) is 11.2. The molecule has 0 saturated heterocycles. The van der Waals surface area contributed by atoms with Crippen LogP contribution in [0.2, 0.25) is 0 Å². The zero-order valence-corrected chi connectivity index (χ0v) is 15.1. The first-order valence-electron chi connectivity index (χ1n) is 7.62. The number of esters is 1. The molecule has 1 rings (SSSR count). The molecular weight excluding hydrogens is 328 g/mol. The average molecular weight is 350 g/mol. The van der Waals surface area contributed by atoms with E-state index < -0.39 is 34.8 Å². The second kappa shape index (κ2) is 8.60. The van der Waals surface area contributed by atoms with E-state index in [0.29, 0.717) is 10.6 Å². The molecule has 6 nitrogen and oxygen atoms in total. The fraction of sp³-hybridized carbons (Fsp3) is 0.471. The summed E-state index contributed by atoms with van der Waals surface area (Å²) in [5.41, 5.74) is -0.858. The summed E-state index contributed by atoms with van der Waals surface area (Å²) in [6, 6.07) is 8.48. The Morgan fingerprint density at radius 2 is 2.00 bits per heavy atom. The van der Waals surface area contributed by atoms with Gasteiger partial charge >= 0.3 is 5.97 Å². The summed E-state index contributed by atoms with van der Waals surface area (Å²) in [4.78, 5) is 24.5. The summed E-state index contributed by atoms with van der Waals surface area (Å²) in [6.07, 6.45) is 0. The van der Waals surface area contributed by atoms with Gasteiger partial charge in [-0.3, -0.25) is 9.00 Å². The third-order valence-electron chi connectivity index (χ3n) is 3.73. The number of nitrogens with one attached hydrogen (secondary N) is 1. The molecule has 2 atom stereocenters. The van der Waals surface area contributed by atoms with Crippen LogP contribution in [0, 0.1) is 17.2 Å². The Labute approximate surface area is 144 Å². The fourth-order valence-corrected chi connectivity index (χ4v) is 2.76. The lowest BCUT2D eigenvalue weighted by Crippen LogP contribution is -2.50. The van der Waals surface area contributed by atoms with Crippen molar-refractivity contribution in [3.63, 3.8) is 0 Å². The van der Waals surface area contributed by atoms with E-state index in [1.165, 1.54) is 6.07 Å². The number of nitrogens with zero attached hydrogens (tertiary/aromatic N) is 1. The molecule has 0 saturated carbocycles. The molecule has 24 heavy (non-hydrogen) atoms. The van der Waals surface area contributed by atoms with E-state index in [-0.39, 0.29) is 11.5 Å². The van der Waals surface area contributed by atoms with Crippen molar-refractivity contribution in [2.45, 2.75) is 38.1 Å². The number of nitriles is 1. The van der Waals surface area contributed by atoms with Crippen LogP contribution in [0.25, 0.3) is 0 Å². The summed E-state index contributed by atoms with van der Waals surface area (Å²) in [5.74, 6) is -1.00. The number of benzene rings is 1. The van der Waals surface area contributed by atoms with Crippen LogP contribution in [0.15, 0.2) is 29.2 Å². The van der Waals surface area contributed by atoms with E-state index in [4.69, 9.17) is 4.74 Å². The monoisotopic (exact) mass is 350 g/mol. The molecular formula is C17H22N2O4S. The second-order valence-electron chi connectivity index (χ2n) is 5.72. The number of carbonyl (C=O) groups is 2. The van der Waals surface area contributed by atoms with Gasteiger partial charge in [-0.15, -0.1) is 0 Å². The molecule has 0 radical (unpaired) electrons. The molecule has 0 heterocycles. The van der Waals surface area contributed by atoms with Crippen molar-refractivity contribution in [3.05, 3.63) is 29.8 Å². The number of carbonyl (C=O) groups excluding carboxylic acids is 2. The minimum absolute atomic E-state index is 0.102. The van der Waals surface area contributed by atoms with E-state index in [1.807, 2.05) is 19.9 Å². The van der Waals surface area contributed by atoms with Gasteiger partial charge in [0.1, 0.15) is 5.54 Å². The number of hydrogen-bond donors (Lipinski definition) is 1. The Bertz CT molecular complexity index is 681. The summed E-state index contributed by atoms with van der Waals surface area (Å²) in [6.45, 7) is 6.48. The molecule has 0 aliphatic rings. The summed E-state index contributed by atoms with van der Waals surface area (Å²) in [7, 11) is -1.30. The lowest BCUT2D eigenvalue weighted by Gasteiger charge is -2.27. The van der Waals surface area contributed by atoms with E-state index >= 15 is 0 Å². The van der Waals surface area contributed by atoms with Gasteiger partial charge in [0, 0.05) is 5.75 Å². The van der Waals surface area contributed by atoms with Crippen molar-refractivity contribution < 1.29 is 18.5 Å². The smallest absolute Gasteiger partial charge is 0.339 e. The van der Waals surface area contributed by atoms with Crippen LogP contribution in [-0.4, -0.2) is 34.0 Å². The quantitative estimate of drug-likeness (QED) is 0.759. The molecule has 0 unspecified atom stereocenters. The van der Waals surface area contributed by atoms with Gasteiger partial charge < -0.3 is 10.1 Å². The fourth-order valence-electron chi connectivity index (χ4n) is 1.83. The van der Waals surface area contributed by atoms with Gasteiger partial charge in [0.2, 0.25) is 0 Å². The van der Waals surface area contributed by atoms with Gasteiger partial charge in [0.25, 0.3) is 5.91 Å². The SMILES string of the molecule is CC[S@@](=O)c1ccccc1C(=O)OCC(=O)N[C@](C)(C#N)C(C)C. The Balaban J connectivity index is 2.76. The molecule has 0 aliphatic heterocycles. The summed E-state index contributed by atoms with van der Waals surface area (Å²) >= 11 is 0. The van der Waals surface area contributed by atoms with Gasteiger partial charge in [0.15, 0.2) is 6.61 Å². The van der Waals surface area contributed by atoms with E-state index in [1.54, 1.807) is 32.0 Å². The molecule has 0 spiro atoms. The lowest BCUT2D eigenvalue weighted by atomic mass is 9.90. The van der Waals surface area contributed by atoms with Gasteiger partial charge in [-0.2, -0.15) is 5.26 Å². The predicted octanol–water partition coefficient (Wildman–Crippen LogP) is 2.03. The van der Waals surface area contributed by atoms with Crippen molar-refractivity contribution in [2.75, 3.05) is 12.4 Å². The van der Waals surface area contributed by atoms with Gasteiger partial charge in [-0.25, -0.2) is 4.79 Å². The maximum Gasteiger partial charge on any atom is 0.339 e. The lowest BCUT2D eigenvalue weighted by molar-refractivity contribution is -0.125. The number of amides is 1. The highest BCUT2D eigenvalue weighted by Crippen LogP contribution is 2.16. The van der Waals surface area contributed by atoms with Crippen LogP contribution in [0.4, 0.5) is 0 Å². The second-order valence-corrected chi connectivity index (χ2v) is 7.43. The number of hydrogen-bond acceptors (Lipinski definition) is 5. The molecule has 0 fully saturated rings. The van der Waals surface area contributed by atoms with Crippen LogP contribution >= 0.6 is 0 Å². The standard InChI is InChI=1S/C17H22N2O4S/c1-5-24(22)14-9-7-6-8-13(14)16(21)23-10-15(20)19-17(4,11-18)12(2)3/h6-9,12H,5,10H2,1-4H3,(H,19,20)/t17-,24-/m1/s1. The maximum atomic E-state index is 12.2. The first kappa shape index (κ1) is 19.8. The van der Waals surface area contributed by atoms with Crippen molar-refractivity contribution in [1.82, 2.24) is 5.32 Å². The maximum absolute atomic E-state index is 12.2. The van der Waals surface area contributed by atoms with E-state index in [2.05, 4.69) is 5.32 Å². The highest BCUT2D eigenvalue weighted by molar-refractivity contribution is 7.85. The Morgan fingerprint density at radius 1 is 1.38 bits per heavy atom. The molecule has 0 aliphatic carbocycles. The van der Waals surface area contributed by atoms with E-state index in [0.717, 1.165) is 0 Å². The van der Waals surface area contributed by atoms with E-state index in [9.17, 15) is 19.1 Å². The van der Waals surface area contributed by atoms with Crippen LogP contribution in [-0.2, 0) is 20.3 Å². The Hall–Kier alpha value is -2.20. The van der Waals surface area contributed by atoms with Gasteiger partial charge in [-0.1, -0.05) is 32.9 Å². The zero-order valence-electron chi connectivity index (χ0n) is 14.3. The third kappa shape index (κ3) is 4.90. The van der Waals surface area contributed by atoms with Crippen molar-refractivity contribution in [3.8, 4) is 6.07 Å². The van der Waals surface area contributed by atoms with Crippen LogP contribution in [0.3, 0.4) is 0 Å². The Morgan fingerprint density at radius 3 is 2.54 bits per heavy atom. The molecule has 1 aromatic carbocycles. The van der Waals surface area contributed by atoms with Crippen molar-refractivity contribution in [1.29, 1.82) is 5.26 Å². The molecule has 130 valence electrons. The average Bonchev–Trinajstić information content (AvgIpc) is 2.58. The van der Waals surface area contributed by atoms with Crippen molar-refractivity contribution in [2.24, 2.45) is 5.92 Å². The molecule has 0 bridgehead atoms. The topological polar surface area (TPSA) is 96.3 Å². The first-order valence-corrected chi connectivity index (χ1v) is 8.93. The van der Waals surface area contributed by atoms with Crippen LogP contribution in [0.1, 0.15) is 38.1 Å². The van der Waals surface area contributed by atoms with Gasteiger partial charge in [0.05, 0.1) is 27.3 Å². The van der Waals surface area contributed by atoms with Crippen LogP contribution in [0.5, 0.6) is 0 Å². The zero-order chi connectivity index (χ0) is 18.3. The molecule has 7 heteroatoms. The highest BCUT2D eigenvalue weighted by Gasteiger charge is 2.30. The van der Waals surface area contributed by atoms with Crippen LogP contribution < -0.4 is 5.32 Å². The minimum Gasteiger partial charge on any atom is -0.452 e. The highest BCUT2D eigenvalue weighted by atomic mass is 32.2. The van der Waals surface area contributed by atoms with Gasteiger partial charge in [-0.05, 0) is 25.0 Å². The minimum atomic E-state index is -1.30. The Kier molecular flexibility index (Phi) is 7.11. The summed E-state index contributed by atoms with van der Waals surface area (Å²) in [5, 5.41) is 11.7. The summed E-state index contributed by atoms with van der Waals surface area (Å²) < 4.78 is 17.0. The van der Waals surface area contributed by atoms with Crippen molar-refractivity contribution >= 4 is 22.7 Å². The molecule has 1 amide bonds. The molecule has 1 aromatic rings. The number of ether oxygens (including phenoxy) is 1. The predicted molar refractivity (Wildman–Crippen MR) is 90.7 cm³/mol. The largest absolute Gasteiger partial charge is 0.452 e. The normalized spacial score (nSPS) is 14.3. The third-order valence-corrected chi connectivity index (χ3v) is 5.11.